The molecule has 0 radical (unpaired) electrons. The van der Waals surface area contributed by atoms with Crippen molar-refractivity contribution < 1.29 is 0 Å². The Bertz CT molecular complexity index is 614. The molecule has 1 fully saturated rings. The van der Waals surface area contributed by atoms with Gasteiger partial charge >= 0.3 is 0 Å². The molecule has 0 atom stereocenters. The van der Waals surface area contributed by atoms with Gasteiger partial charge in [0.05, 0.1) is 17.2 Å². The highest BCUT2D eigenvalue weighted by Gasteiger charge is 2.13. The van der Waals surface area contributed by atoms with Crippen LogP contribution in [0.15, 0.2) is 35.3 Å². The molecular weight excluding hydrogens is 238 g/mol. The number of hydrogen-bond donors (Lipinski definition) is 1. The Labute approximate surface area is 112 Å². The first-order valence-electron chi connectivity index (χ1n) is 7.00. The van der Waals surface area contributed by atoms with Crippen LogP contribution in [0.5, 0.6) is 0 Å². The van der Waals surface area contributed by atoms with Gasteiger partial charge in [0.1, 0.15) is 0 Å². The molecule has 0 amide bonds. The van der Waals surface area contributed by atoms with Crippen molar-refractivity contribution in [3.05, 3.63) is 40.8 Å². The second-order valence-corrected chi connectivity index (χ2v) is 5.22. The molecule has 0 unspecified atom stereocenters. The largest absolute Gasteiger partial charge is 0.317 e. The van der Waals surface area contributed by atoms with Gasteiger partial charge in [-0.1, -0.05) is 12.1 Å². The van der Waals surface area contributed by atoms with Crippen LogP contribution in [0.4, 0.5) is 0 Å². The second-order valence-electron chi connectivity index (χ2n) is 5.22. The lowest BCUT2D eigenvalue weighted by Crippen LogP contribution is -2.29. The zero-order valence-electron chi connectivity index (χ0n) is 11.0. The lowest BCUT2D eigenvalue weighted by atomic mass is 9.95. The fourth-order valence-corrected chi connectivity index (χ4v) is 2.83. The average molecular weight is 257 g/mol. The topological polar surface area (TPSA) is 46.9 Å². The monoisotopic (exact) mass is 257 g/mol. The summed E-state index contributed by atoms with van der Waals surface area (Å²) in [5.41, 5.74) is 1.85. The number of fused-ring (bicyclic) bond motifs is 1. The summed E-state index contributed by atoms with van der Waals surface area (Å²) in [7, 11) is 0. The molecule has 4 heteroatoms. The summed E-state index contributed by atoms with van der Waals surface area (Å²) in [4.78, 5) is 16.2. The fraction of sp³-hybridized carbons (Fsp3) is 0.467. The highest BCUT2D eigenvalue weighted by atomic mass is 16.1. The Morgan fingerprint density at radius 1 is 1.26 bits per heavy atom. The van der Waals surface area contributed by atoms with Crippen molar-refractivity contribution >= 4 is 11.0 Å². The van der Waals surface area contributed by atoms with Gasteiger partial charge in [-0.3, -0.25) is 4.79 Å². The van der Waals surface area contributed by atoms with Crippen LogP contribution < -0.4 is 10.9 Å². The first-order valence-corrected chi connectivity index (χ1v) is 7.00. The maximum absolute atomic E-state index is 12.0. The van der Waals surface area contributed by atoms with Gasteiger partial charge in [0, 0.05) is 6.54 Å². The summed E-state index contributed by atoms with van der Waals surface area (Å²) in [6.45, 7) is 3.01. The summed E-state index contributed by atoms with van der Waals surface area (Å²) < 4.78 is 1.87. The maximum Gasteiger partial charge on any atom is 0.269 e. The minimum Gasteiger partial charge on any atom is -0.317 e. The Morgan fingerprint density at radius 2 is 2.05 bits per heavy atom. The van der Waals surface area contributed by atoms with Crippen LogP contribution in [-0.4, -0.2) is 22.6 Å². The first kappa shape index (κ1) is 12.4. The van der Waals surface area contributed by atoms with E-state index in [-0.39, 0.29) is 5.56 Å². The number of para-hydroxylation sites is 2. The zero-order chi connectivity index (χ0) is 13.1. The van der Waals surface area contributed by atoms with E-state index in [1.165, 1.54) is 19.0 Å². The molecular formula is C15H19N3O. The zero-order valence-corrected chi connectivity index (χ0v) is 11.0. The molecule has 0 bridgehead atoms. The van der Waals surface area contributed by atoms with Gasteiger partial charge in [-0.25, -0.2) is 4.98 Å². The number of benzene rings is 1. The van der Waals surface area contributed by atoms with Crippen LogP contribution >= 0.6 is 0 Å². The molecule has 2 aromatic rings. The highest BCUT2D eigenvalue weighted by molar-refractivity contribution is 5.74. The maximum atomic E-state index is 12.0. The van der Waals surface area contributed by atoms with Crippen molar-refractivity contribution in [2.75, 3.05) is 13.1 Å². The number of nitrogens with one attached hydrogen (secondary N) is 1. The van der Waals surface area contributed by atoms with Gasteiger partial charge in [0.15, 0.2) is 0 Å². The third-order valence-corrected chi connectivity index (χ3v) is 3.97. The molecule has 0 saturated carbocycles. The average Bonchev–Trinajstić information content (AvgIpc) is 2.47. The predicted octanol–water partition coefficient (Wildman–Crippen LogP) is 1.79. The quantitative estimate of drug-likeness (QED) is 0.912. The van der Waals surface area contributed by atoms with Gasteiger partial charge in [-0.05, 0) is 50.4 Å². The molecule has 2 heterocycles. The number of rotatable bonds is 3. The molecule has 0 spiro atoms. The van der Waals surface area contributed by atoms with Gasteiger partial charge in [0.25, 0.3) is 5.56 Å². The van der Waals surface area contributed by atoms with E-state index in [1.54, 1.807) is 0 Å². The van der Waals surface area contributed by atoms with Crippen molar-refractivity contribution in [2.45, 2.75) is 25.8 Å². The van der Waals surface area contributed by atoms with E-state index < -0.39 is 0 Å². The highest BCUT2D eigenvalue weighted by Crippen LogP contribution is 2.17. The number of hydrogen-bond acceptors (Lipinski definition) is 3. The molecule has 1 aromatic heterocycles. The minimum absolute atomic E-state index is 0.00707. The third kappa shape index (κ3) is 2.68. The van der Waals surface area contributed by atoms with Crippen molar-refractivity contribution in [1.29, 1.82) is 0 Å². The van der Waals surface area contributed by atoms with Crippen LogP contribution in [0.25, 0.3) is 11.0 Å². The lowest BCUT2D eigenvalue weighted by Gasteiger charge is -2.23. The molecule has 100 valence electrons. The Morgan fingerprint density at radius 3 is 2.89 bits per heavy atom. The Balaban J connectivity index is 1.83. The number of piperidine rings is 1. The number of aromatic nitrogens is 2. The summed E-state index contributed by atoms with van der Waals surface area (Å²) in [5.74, 6) is 0.736. The lowest BCUT2D eigenvalue weighted by molar-refractivity contribution is 0.338. The van der Waals surface area contributed by atoms with Crippen LogP contribution in [0.2, 0.25) is 0 Å². The van der Waals surface area contributed by atoms with Gasteiger partial charge in [-0.15, -0.1) is 0 Å². The molecule has 19 heavy (non-hydrogen) atoms. The number of nitrogens with zero attached hydrogens (tertiary/aromatic N) is 2. The van der Waals surface area contributed by atoms with E-state index in [9.17, 15) is 4.79 Å². The van der Waals surface area contributed by atoms with Gasteiger partial charge in [0.2, 0.25) is 0 Å². The van der Waals surface area contributed by atoms with Gasteiger partial charge < -0.3 is 9.88 Å². The standard InChI is InChI=1S/C15H19N3O/c19-15-11-17-13-3-1-2-4-14(13)18(15)10-7-12-5-8-16-9-6-12/h1-4,11-12,16H,5-10H2. The molecule has 1 aliphatic heterocycles. The Hall–Kier alpha value is -1.68. The van der Waals surface area contributed by atoms with E-state index in [2.05, 4.69) is 10.3 Å². The fourth-order valence-electron chi connectivity index (χ4n) is 2.83. The summed E-state index contributed by atoms with van der Waals surface area (Å²) in [6, 6.07) is 7.85. The van der Waals surface area contributed by atoms with E-state index >= 15 is 0 Å². The van der Waals surface area contributed by atoms with Crippen molar-refractivity contribution in [3.8, 4) is 0 Å². The molecule has 0 aliphatic carbocycles. The summed E-state index contributed by atoms with van der Waals surface area (Å²) in [5, 5.41) is 3.38. The first-order chi connectivity index (χ1) is 9.34. The van der Waals surface area contributed by atoms with E-state index in [4.69, 9.17) is 0 Å². The van der Waals surface area contributed by atoms with Crippen LogP contribution in [0.1, 0.15) is 19.3 Å². The third-order valence-electron chi connectivity index (χ3n) is 3.97. The number of aryl methyl sites for hydroxylation is 1. The van der Waals surface area contributed by atoms with Crippen molar-refractivity contribution in [3.63, 3.8) is 0 Å². The molecule has 3 rings (SSSR count). The minimum atomic E-state index is 0.00707. The van der Waals surface area contributed by atoms with E-state index in [1.807, 2.05) is 28.8 Å². The van der Waals surface area contributed by atoms with Crippen molar-refractivity contribution in [1.82, 2.24) is 14.9 Å². The second kappa shape index (κ2) is 5.53. The van der Waals surface area contributed by atoms with Crippen LogP contribution in [0.3, 0.4) is 0 Å². The molecule has 1 saturated heterocycles. The molecule has 1 aromatic carbocycles. The predicted molar refractivity (Wildman–Crippen MR) is 76.2 cm³/mol. The Kier molecular flexibility index (Phi) is 3.60. The SMILES string of the molecule is O=c1cnc2ccccc2n1CCC1CCNCC1. The molecule has 4 nitrogen and oxygen atoms in total. The van der Waals surface area contributed by atoms with Gasteiger partial charge in [-0.2, -0.15) is 0 Å². The molecule has 1 aliphatic rings. The molecule has 1 N–H and O–H groups in total. The van der Waals surface area contributed by atoms with E-state index in [0.717, 1.165) is 43.0 Å². The summed E-state index contributed by atoms with van der Waals surface area (Å²) in [6.07, 6.45) is 4.95. The van der Waals surface area contributed by atoms with Crippen LogP contribution in [-0.2, 0) is 6.54 Å². The van der Waals surface area contributed by atoms with E-state index in [0.29, 0.717) is 0 Å². The smallest absolute Gasteiger partial charge is 0.269 e. The van der Waals surface area contributed by atoms with Crippen molar-refractivity contribution in [2.24, 2.45) is 5.92 Å². The van der Waals surface area contributed by atoms with Crippen LogP contribution in [0, 0.1) is 5.92 Å². The normalized spacial score (nSPS) is 16.8. The summed E-state index contributed by atoms with van der Waals surface area (Å²) >= 11 is 0.